The van der Waals surface area contributed by atoms with Gasteiger partial charge in [0, 0.05) is 30.0 Å². The Bertz CT molecular complexity index is 1240. The van der Waals surface area contributed by atoms with Crippen LogP contribution in [0.3, 0.4) is 0 Å². The minimum absolute atomic E-state index is 0.116. The van der Waals surface area contributed by atoms with Crippen molar-refractivity contribution in [2.75, 3.05) is 32.2 Å². The van der Waals surface area contributed by atoms with Crippen LogP contribution < -0.4 is 0 Å². The molecule has 1 saturated carbocycles. The number of benzene rings is 2. The highest BCUT2D eigenvalue weighted by Gasteiger charge is 2.26. The van der Waals surface area contributed by atoms with Gasteiger partial charge in [0.1, 0.15) is 17.5 Å². The highest BCUT2D eigenvalue weighted by Crippen LogP contribution is 2.41. The second kappa shape index (κ2) is 15.0. The monoisotopic (exact) mass is 582 g/mol. The second-order valence-corrected chi connectivity index (χ2v) is 12.0. The Kier molecular flexibility index (Phi) is 10.9. The molecule has 41 heavy (non-hydrogen) atoms. The van der Waals surface area contributed by atoms with Crippen LogP contribution in [0.2, 0.25) is 0 Å². The SMILES string of the molecule is O=C(O)COC[C@H]1CC[C@H](Cn2nc(SCCOC3CCCCO3)c(-c3ccccc3)c2-c2ccc(F)cc2)CC1. The molecule has 2 aliphatic rings. The molecule has 1 aliphatic carbocycles. The fourth-order valence-corrected chi connectivity index (χ4v) is 6.63. The van der Waals surface area contributed by atoms with Crippen molar-refractivity contribution in [3.05, 3.63) is 60.4 Å². The number of carbonyl (C=O) groups is 1. The summed E-state index contributed by atoms with van der Waals surface area (Å²) in [7, 11) is 0. The summed E-state index contributed by atoms with van der Waals surface area (Å²) in [5.74, 6) is 0.391. The van der Waals surface area contributed by atoms with E-state index in [-0.39, 0.29) is 18.7 Å². The molecule has 1 aliphatic heterocycles. The molecular formula is C32H39FN2O5S. The molecule has 0 radical (unpaired) electrons. The van der Waals surface area contributed by atoms with E-state index in [0.717, 1.165) is 91.3 Å². The molecule has 0 bridgehead atoms. The average Bonchev–Trinajstić information content (AvgIpc) is 3.35. The zero-order chi connectivity index (χ0) is 28.4. The molecule has 0 spiro atoms. The molecule has 7 nitrogen and oxygen atoms in total. The van der Waals surface area contributed by atoms with Crippen LogP contribution >= 0.6 is 11.8 Å². The summed E-state index contributed by atoms with van der Waals surface area (Å²) in [4.78, 5) is 10.8. The number of carboxylic acid groups (broad SMARTS) is 1. The summed E-state index contributed by atoms with van der Waals surface area (Å²) >= 11 is 1.69. The van der Waals surface area contributed by atoms with Crippen molar-refractivity contribution in [1.29, 1.82) is 0 Å². The van der Waals surface area contributed by atoms with Crippen LogP contribution in [0.5, 0.6) is 0 Å². The molecule has 1 atom stereocenters. The standard InChI is InChI=1S/C32H39FN2O5S/c33-27-15-13-26(14-16-27)31-30(25-6-2-1-3-7-25)32(41-19-18-40-29-8-4-5-17-39-29)34-35(31)20-23-9-11-24(12-10-23)21-38-22-28(36)37/h1-3,6-7,13-16,23-24,29H,4-5,8-12,17-22H2,(H,36,37)/t23-,24-,29?. The molecule has 2 fully saturated rings. The predicted molar refractivity (Wildman–Crippen MR) is 157 cm³/mol. The zero-order valence-electron chi connectivity index (χ0n) is 23.4. The van der Waals surface area contributed by atoms with Crippen molar-refractivity contribution in [2.24, 2.45) is 11.8 Å². The lowest BCUT2D eigenvalue weighted by Crippen LogP contribution is -2.23. The summed E-state index contributed by atoms with van der Waals surface area (Å²) < 4.78 is 33.1. The number of rotatable bonds is 13. The first-order chi connectivity index (χ1) is 20.1. The van der Waals surface area contributed by atoms with Crippen molar-refractivity contribution in [3.63, 3.8) is 0 Å². The van der Waals surface area contributed by atoms with Gasteiger partial charge >= 0.3 is 5.97 Å². The van der Waals surface area contributed by atoms with Crippen molar-refractivity contribution in [2.45, 2.75) is 62.8 Å². The third-order valence-corrected chi connectivity index (χ3v) is 8.77. The number of aromatic nitrogens is 2. The highest BCUT2D eigenvalue weighted by molar-refractivity contribution is 7.99. The molecule has 220 valence electrons. The van der Waals surface area contributed by atoms with E-state index >= 15 is 0 Å². The van der Waals surface area contributed by atoms with Crippen molar-refractivity contribution in [1.82, 2.24) is 9.78 Å². The van der Waals surface area contributed by atoms with Gasteiger partial charge < -0.3 is 19.3 Å². The van der Waals surface area contributed by atoms with Gasteiger partial charge in [-0.3, -0.25) is 4.68 Å². The number of ether oxygens (including phenoxy) is 3. The summed E-state index contributed by atoms with van der Waals surface area (Å²) in [6.07, 6.45) is 7.13. The number of nitrogens with zero attached hydrogens (tertiary/aromatic N) is 2. The first-order valence-corrected chi connectivity index (χ1v) is 15.6. The maximum absolute atomic E-state index is 13.9. The van der Waals surface area contributed by atoms with Gasteiger partial charge in [-0.1, -0.05) is 30.3 Å². The Hall–Kier alpha value is -2.72. The van der Waals surface area contributed by atoms with E-state index in [9.17, 15) is 9.18 Å². The number of halogens is 1. The lowest BCUT2D eigenvalue weighted by atomic mass is 9.82. The molecule has 1 aromatic heterocycles. The number of hydrogen-bond acceptors (Lipinski definition) is 6. The number of thioether (sulfide) groups is 1. The zero-order valence-corrected chi connectivity index (χ0v) is 24.2. The molecule has 5 rings (SSSR count). The first kappa shape index (κ1) is 29.8. The second-order valence-electron chi connectivity index (χ2n) is 10.9. The third kappa shape index (κ3) is 8.41. The van der Waals surface area contributed by atoms with Crippen LogP contribution in [0.1, 0.15) is 44.9 Å². The van der Waals surface area contributed by atoms with Crippen LogP contribution in [0.25, 0.3) is 22.4 Å². The highest BCUT2D eigenvalue weighted by atomic mass is 32.2. The maximum atomic E-state index is 13.9. The minimum atomic E-state index is -0.928. The maximum Gasteiger partial charge on any atom is 0.329 e. The van der Waals surface area contributed by atoms with E-state index in [1.807, 2.05) is 30.3 Å². The molecular weight excluding hydrogens is 543 g/mol. The van der Waals surface area contributed by atoms with Crippen molar-refractivity contribution >= 4 is 17.7 Å². The Morgan fingerprint density at radius 2 is 1.76 bits per heavy atom. The average molecular weight is 583 g/mol. The van der Waals surface area contributed by atoms with Crippen LogP contribution in [-0.2, 0) is 25.5 Å². The van der Waals surface area contributed by atoms with Gasteiger partial charge in [-0.25, -0.2) is 9.18 Å². The fourth-order valence-electron chi connectivity index (χ4n) is 5.74. The molecule has 0 amide bonds. The van der Waals surface area contributed by atoms with Crippen LogP contribution in [0.4, 0.5) is 4.39 Å². The van der Waals surface area contributed by atoms with E-state index in [1.54, 1.807) is 11.8 Å². The molecule has 1 unspecified atom stereocenters. The van der Waals surface area contributed by atoms with Gasteiger partial charge in [-0.05, 0) is 86.6 Å². The quantitative estimate of drug-likeness (QED) is 0.173. The Labute approximate surface area is 245 Å². The van der Waals surface area contributed by atoms with Gasteiger partial charge in [0.25, 0.3) is 0 Å². The molecule has 9 heteroatoms. The molecule has 2 aromatic carbocycles. The Morgan fingerprint density at radius 1 is 1.00 bits per heavy atom. The van der Waals surface area contributed by atoms with E-state index in [0.29, 0.717) is 25.0 Å². The third-order valence-electron chi connectivity index (χ3n) is 7.84. The molecule has 2 heterocycles. The van der Waals surface area contributed by atoms with Crippen LogP contribution in [0.15, 0.2) is 59.6 Å². The van der Waals surface area contributed by atoms with Crippen LogP contribution in [-0.4, -0.2) is 59.3 Å². The summed E-state index contributed by atoms with van der Waals surface area (Å²) in [6.45, 7) is 2.36. The molecule has 3 aromatic rings. The normalized spacial score (nSPS) is 21.1. The summed E-state index contributed by atoms with van der Waals surface area (Å²) in [5, 5.41) is 15.0. The lowest BCUT2D eigenvalue weighted by Gasteiger charge is -2.28. The van der Waals surface area contributed by atoms with E-state index in [4.69, 9.17) is 24.4 Å². The molecule has 1 saturated heterocycles. The smallest absolute Gasteiger partial charge is 0.329 e. The minimum Gasteiger partial charge on any atom is -0.480 e. The number of carboxylic acids is 1. The van der Waals surface area contributed by atoms with Crippen LogP contribution in [0, 0.1) is 17.7 Å². The summed E-state index contributed by atoms with van der Waals surface area (Å²) in [6, 6.07) is 17.0. The largest absolute Gasteiger partial charge is 0.480 e. The van der Waals surface area contributed by atoms with Gasteiger partial charge in [-0.2, -0.15) is 5.10 Å². The Balaban J connectivity index is 1.36. The fraction of sp³-hybridized carbons (Fsp3) is 0.500. The lowest BCUT2D eigenvalue weighted by molar-refractivity contribution is -0.158. The summed E-state index contributed by atoms with van der Waals surface area (Å²) in [5.41, 5.74) is 4.08. The first-order valence-electron chi connectivity index (χ1n) is 14.6. The van der Waals surface area contributed by atoms with Crippen molar-refractivity contribution in [3.8, 4) is 22.4 Å². The topological polar surface area (TPSA) is 82.8 Å². The van der Waals surface area contributed by atoms with Gasteiger partial charge in [0.05, 0.1) is 18.9 Å². The number of aliphatic carboxylic acids is 1. The van der Waals surface area contributed by atoms with E-state index in [1.165, 1.54) is 12.1 Å². The van der Waals surface area contributed by atoms with E-state index < -0.39 is 5.97 Å². The predicted octanol–water partition coefficient (Wildman–Crippen LogP) is 6.90. The van der Waals surface area contributed by atoms with Gasteiger partial charge in [0.2, 0.25) is 0 Å². The molecule has 1 N–H and O–H groups in total. The van der Waals surface area contributed by atoms with E-state index in [2.05, 4.69) is 16.8 Å². The number of hydrogen-bond donors (Lipinski definition) is 1. The van der Waals surface area contributed by atoms with Gasteiger partial charge in [-0.15, -0.1) is 11.8 Å². The van der Waals surface area contributed by atoms with Crippen molar-refractivity contribution < 1.29 is 28.5 Å². The van der Waals surface area contributed by atoms with Gasteiger partial charge in [0.15, 0.2) is 6.29 Å². The Morgan fingerprint density at radius 3 is 2.46 bits per heavy atom.